The Balaban J connectivity index is 2.39. The van der Waals surface area contributed by atoms with Gasteiger partial charge in [0.25, 0.3) is 0 Å². The highest BCUT2D eigenvalue weighted by molar-refractivity contribution is 5.48. The molecule has 1 aromatic carbocycles. The van der Waals surface area contributed by atoms with Crippen LogP contribution in [0.4, 0.5) is 5.69 Å². The predicted molar refractivity (Wildman–Crippen MR) is 76.4 cm³/mol. The van der Waals surface area contributed by atoms with Gasteiger partial charge in [-0.25, -0.2) is 9.53 Å². The van der Waals surface area contributed by atoms with Crippen LogP contribution in [0, 0.1) is 6.92 Å². The lowest BCUT2D eigenvalue weighted by Crippen LogP contribution is -2.06. The summed E-state index contributed by atoms with van der Waals surface area (Å²) < 4.78 is 7.04. The van der Waals surface area contributed by atoms with Crippen molar-refractivity contribution >= 4 is 5.69 Å². The number of benzene rings is 1. The number of hydrogen-bond donors (Lipinski definition) is 1. The van der Waals surface area contributed by atoms with Gasteiger partial charge in [-0.3, -0.25) is 0 Å². The first-order chi connectivity index (χ1) is 9.04. The summed E-state index contributed by atoms with van der Waals surface area (Å²) in [6, 6.07) is 7.79. The molecule has 0 radical (unpaired) electrons. The normalized spacial score (nSPS) is 12.6. The lowest BCUT2D eigenvalue weighted by Gasteiger charge is -2.10. The van der Waals surface area contributed by atoms with E-state index in [4.69, 9.17) is 10.3 Å². The topological polar surface area (TPSA) is 61.2 Å². The van der Waals surface area contributed by atoms with Crippen LogP contribution in [0.15, 0.2) is 33.6 Å². The van der Waals surface area contributed by atoms with Crippen LogP contribution in [-0.4, -0.2) is 4.74 Å². The summed E-state index contributed by atoms with van der Waals surface area (Å²) in [5, 5.41) is 0. The van der Waals surface area contributed by atoms with Crippen molar-refractivity contribution in [3.8, 4) is 0 Å². The summed E-state index contributed by atoms with van der Waals surface area (Å²) >= 11 is 0. The number of nitrogens with two attached hydrogens (primary N) is 1. The number of hydrogen-bond acceptors (Lipinski definition) is 3. The third kappa shape index (κ3) is 2.57. The Kier molecular flexibility index (Phi) is 3.79. The fourth-order valence-corrected chi connectivity index (χ4v) is 2.17. The number of nitrogen functional groups attached to an aromatic ring is 1. The van der Waals surface area contributed by atoms with Crippen molar-refractivity contribution in [1.82, 2.24) is 4.74 Å². The first-order valence-corrected chi connectivity index (χ1v) is 6.59. The zero-order valence-corrected chi connectivity index (χ0v) is 11.6. The zero-order chi connectivity index (χ0) is 14.0. The van der Waals surface area contributed by atoms with Crippen LogP contribution in [0.25, 0.3) is 0 Å². The second-order valence-electron chi connectivity index (χ2n) is 4.90. The first-order valence-electron chi connectivity index (χ1n) is 6.59. The van der Waals surface area contributed by atoms with Gasteiger partial charge in [0.2, 0.25) is 0 Å². The monoisotopic (exact) mass is 260 g/mol. The van der Waals surface area contributed by atoms with Crippen molar-refractivity contribution in [1.29, 1.82) is 0 Å². The molecule has 0 aliphatic carbocycles. The number of aromatic nitrogens is 1. The summed E-state index contributed by atoms with van der Waals surface area (Å²) in [6.45, 7) is 6.03. The van der Waals surface area contributed by atoms with E-state index in [0.717, 1.165) is 17.7 Å². The average molecular weight is 260 g/mol. The minimum absolute atomic E-state index is 0.189. The molecular weight excluding hydrogens is 240 g/mol. The summed E-state index contributed by atoms with van der Waals surface area (Å²) in [7, 11) is 0. The third-order valence-corrected chi connectivity index (χ3v) is 3.61. The third-order valence-electron chi connectivity index (χ3n) is 3.61. The summed E-state index contributed by atoms with van der Waals surface area (Å²) in [4.78, 5) is 12.0. The van der Waals surface area contributed by atoms with Crippen LogP contribution in [-0.2, 0) is 6.42 Å². The van der Waals surface area contributed by atoms with Gasteiger partial charge >= 0.3 is 5.63 Å². The molecule has 1 heterocycles. The molecule has 4 heteroatoms. The summed E-state index contributed by atoms with van der Waals surface area (Å²) in [5.74, 6) is 0. The van der Waals surface area contributed by atoms with E-state index >= 15 is 0 Å². The quantitative estimate of drug-likeness (QED) is 0.860. The number of para-hydroxylation sites is 1. The highest BCUT2D eigenvalue weighted by atomic mass is 16.5. The smallest absolute Gasteiger partial charge is 0.361 e. The second-order valence-corrected chi connectivity index (χ2v) is 4.90. The molecule has 0 saturated heterocycles. The van der Waals surface area contributed by atoms with Crippen LogP contribution in [0.1, 0.15) is 43.1 Å². The zero-order valence-electron chi connectivity index (χ0n) is 11.6. The number of anilines is 1. The van der Waals surface area contributed by atoms with Crippen LogP contribution >= 0.6 is 0 Å². The highest BCUT2D eigenvalue weighted by Gasteiger charge is 2.17. The van der Waals surface area contributed by atoms with Crippen molar-refractivity contribution in [2.45, 2.75) is 39.7 Å². The first kappa shape index (κ1) is 13.5. The molecule has 2 N–H and O–H groups in total. The van der Waals surface area contributed by atoms with Crippen molar-refractivity contribution in [2.24, 2.45) is 0 Å². The van der Waals surface area contributed by atoms with Gasteiger partial charge in [-0.1, -0.05) is 25.1 Å². The van der Waals surface area contributed by atoms with Gasteiger partial charge < -0.3 is 10.3 Å². The minimum atomic E-state index is -0.263. The van der Waals surface area contributed by atoms with Gasteiger partial charge in [0.15, 0.2) is 0 Å². The Labute approximate surface area is 112 Å². The molecule has 4 nitrogen and oxygen atoms in total. The SMILES string of the molecule is CCC(C)n1oc(=O)c(Cc2ccccc2N)c1C. The molecule has 0 saturated carbocycles. The Morgan fingerprint density at radius 2 is 2.05 bits per heavy atom. The molecule has 0 fully saturated rings. The molecule has 1 unspecified atom stereocenters. The van der Waals surface area contributed by atoms with E-state index < -0.39 is 0 Å². The maximum atomic E-state index is 12.0. The summed E-state index contributed by atoms with van der Waals surface area (Å²) in [6.07, 6.45) is 1.44. The molecule has 0 spiro atoms. The highest BCUT2D eigenvalue weighted by Crippen LogP contribution is 2.20. The molecule has 1 aromatic heterocycles. The Morgan fingerprint density at radius 3 is 2.68 bits per heavy atom. The van der Waals surface area contributed by atoms with E-state index in [-0.39, 0.29) is 11.7 Å². The van der Waals surface area contributed by atoms with E-state index in [9.17, 15) is 4.79 Å². The molecule has 0 bridgehead atoms. The van der Waals surface area contributed by atoms with Crippen LogP contribution in [0.5, 0.6) is 0 Å². The fourth-order valence-electron chi connectivity index (χ4n) is 2.17. The van der Waals surface area contributed by atoms with Crippen molar-refractivity contribution in [3.05, 3.63) is 51.5 Å². The molecule has 19 heavy (non-hydrogen) atoms. The maximum absolute atomic E-state index is 12.0. The fraction of sp³-hybridized carbons (Fsp3) is 0.400. The van der Waals surface area contributed by atoms with Crippen molar-refractivity contribution in [2.75, 3.05) is 5.73 Å². The maximum Gasteiger partial charge on any atom is 0.361 e. The lowest BCUT2D eigenvalue weighted by molar-refractivity contribution is 0.205. The average Bonchev–Trinajstić information content (AvgIpc) is 2.68. The van der Waals surface area contributed by atoms with Crippen LogP contribution in [0.3, 0.4) is 0 Å². The van der Waals surface area contributed by atoms with E-state index in [1.807, 2.05) is 38.1 Å². The molecule has 0 aliphatic rings. The molecule has 2 rings (SSSR count). The standard InChI is InChI=1S/C15H20N2O2/c1-4-10(2)17-11(3)13(15(18)19-17)9-12-7-5-6-8-14(12)16/h5-8,10H,4,9,16H2,1-3H3. The van der Waals surface area contributed by atoms with Gasteiger partial charge in [-0.15, -0.1) is 0 Å². The molecule has 102 valence electrons. The number of rotatable bonds is 4. The lowest BCUT2D eigenvalue weighted by atomic mass is 10.0. The van der Waals surface area contributed by atoms with E-state index in [2.05, 4.69) is 6.92 Å². The molecule has 2 aromatic rings. The Morgan fingerprint density at radius 1 is 1.37 bits per heavy atom. The minimum Gasteiger partial charge on any atom is -0.398 e. The molecular formula is C15H20N2O2. The molecule has 0 amide bonds. The van der Waals surface area contributed by atoms with Crippen molar-refractivity contribution in [3.63, 3.8) is 0 Å². The second kappa shape index (κ2) is 5.34. The van der Waals surface area contributed by atoms with Gasteiger partial charge in [-0.05, 0) is 31.9 Å². The van der Waals surface area contributed by atoms with Crippen LogP contribution < -0.4 is 11.4 Å². The van der Waals surface area contributed by atoms with Gasteiger partial charge in [0.1, 0.15) is 0 Å². The molecule has 1 atom stereocenters. The van der Waals surface area contributed by atoms with Gasteiger partial charge in [0, 0.05) is 12.1 Å². The van der Waals surface area contributed by atoms with E-state index in [1.54, 1.807) is 4.74 Å². The van der Waals surface area contributed by atoms with Crippen molar-refractivity contribution < 1.29 is 4.52 Å². The predicted octanol–water partition coefficient (Wildman–Crippen LogP) is 2.89. The Bertz CT molecular complexity index is 625. The van der Waals surface area contributed by atoms with E-state index in [0.29, 0.717) is 17.7 Å². The van der Waals surface area contributed by atoms with E-state index in [1.165, 1.54) is 0 Å². The Hall–Kier alpha value is -1.97. The summed E-state index contributed by atoms with van der Waals surface area (Å²) in [5.41, 5.74) is 8.91. The van der Waals surface area contributed by atoms with Crippen LogP contribution in [0.2, 0.25) is 0 Å². The molecule has 0 aliphatic heterocycles. The largest absolute Gasteiger partial charge is 0.398 e. The van der Waals surface area contributed by atoms with Gasteiger partial charge in [0.05, 0.1) is 17.3 Å². The van der Waals surface area contributed by atoms with Gasteiger partial charge in [-0.2, -0.15) is 0 Å². The number of nitrogens with zero attached hydrogens (tertiary/aromatic N) is 1.